The van der Waals surface area contributed by atoms with Crippen LogP contribution in [0.3, 0.4) is 0 Å². The molecule has 1 heterocycles. The van der Waals surface area contributed by atoms with E-state index in [1.165, 1.54) is 12.1 Å². The minimum atomic E-state index is -4.35. The highest BCUT2D eigenvalue weighted by atomic mass is 19.4. The fourth-order valence-corrected chi connectivity index (χ4v) is 3.51. The number of carbonyl (C=O) groups excluding carboxylic acids is 1. The van der Waals surface area contributed by atoms with Gasteiger partial charge in [0.25, 0.3) is 0 Å². The van der Waals surface area contributed by atoms with Gasteiger partial charge in [0.2, 0.25) is 5.91 Å². The largest absolute Gasteiger partial charge is 0.416 e. The first-order valence-electron chi connectivity index (χ1n) is 9.20. The Morgan fingerprint density at radius 3 is 2.18 bits per heavy atom. The summed E-state index contributed by atoms with van der Waals surface area (Å²) in [7, 11) is 3.47. The highest BCUT2D eigenvalue weighted by Crippen LogP contribution is 2.32. The van der Waals surface area contributed by atoms with E-state index in [4.69, 9.17) is 0 Å². The van der Waals surface area contributed by atoms with Gasteiger partial charge in [0.05, 0.1) is 5.56 Å². The minimum absolute atomic E-state index is 0.00119. The number of amides is 1. The smallest absolute Gasteiger partial charge is 0.369 e. The number of carbonyl (C=O) groups is 1. The molecule has 4 nitrogen and oxygen atoms in total. The zero-order chi connectivity index (χ0) is 20.3. The lowest BCUT2D eigenvalue weighted by molar-refractivity contribution is -0.137. The van der Waals surface area contributed by atoms with Gasteiger partial charge >= 0.3 is 6.18 Å². The van der Waals surface area contributed by atoms with Gasteiger partial charge in [-0.15, -0.1) is 0 Å². The number of halogens is 3. The first-order chi connectivity index (χ1) is 13.3. The Bertz CT molecular complexity index is 800. The van der Waals surface area contributed by atoms with Crippen LogP contribution in [-0.4, -0.2) is 56.0 Å². The van der Waals surface area contributed by atoms with Crippen molar-refractivity contribution in [3.63, 3.8) is 0 Å². The quantitative estimate of drug-likeness (QED) is 0.796. The normalized spacial score (nSPS) is 16.7. The standard InChI is InChI=1S/C21H24F3N3O/c1-25(2)20(28)19(16-7-4-3-5-8-16)27-13-11-26(12-14-27)18-10-6-9-17(15-18)21(22,23)24/h3-10,15,19H,11-14H2,1-2H3/t19-/m0/s1. The van der Waals surface area contributed by atoms with E-state index in [1.54, 1.807) is 25.1 Å². The van der Waals surface area contributed by atoms with Gasteiger partial charge in [-0.05, 0) is 23.8 Å². The number of rotatable bonds is 4. The third kappa shape index (κ3) is 4.47. The van der Waals surface area contributed by atoms with Crippen LogP contribution in [0.5, 0.6) is 0 Å². The molecule has 0 bridgehead atoms. The first kappa shape index (κ1) is 20.2. The summed E-state index contributed by atoms with van der Waals surface area (Å²) in [5, 5.41) is 0. The molecule has 0 aliphatic carbocycles. The van der Waals surface area contributed by atoms with Crippen molar-refractivity contribution in [1.29, 1.82) is 0 Å². The SMILES string of the molecule is CN(C)C(=O)[C@H](c1ccccc1)N1CCN(c2cccc(C(F)(F)F)c2)CC1. The molecule has 0 N–H and O–H groups in total. The summed E-state index contributed by atoms with van der Waals surface area (Å²) in [6.07, 6.45) is -4.35. The first-order valence-corrected chi connectivity index (χ1v) is 9.20. The predicted molar refractivity (Wildman–Crippen MR) is 103 cm³/mol. The summed E-state index contributed by atoms with van der Waals surface area (Å²) < 4.78 is 39.0. The van der Waals surface area contributed by atoms with E-state index in [0.717, 1.165) is 11.6 Å². The Morgan fingerprint density at radius 2 is 1.61 bits per heavy atom. The van der Waals surface area contributed by atoms with Crippen LogP contribution < -0.4 is 4.90 Å². The number of likely N-dealkylation sites (N-methyl/N-ethyl adjacent to an activating group) is 1. The van der Waals surface area contributed by atoms with Crippen molar-refractivity contribution in [3.8, 4) is 0 Å². The second-order valence-corrected chi connectivity index (χ2v) is 7.12. The number of hydrogen-bond donors (Lipinski definition) is 0. The maximum absolute atomic E-state index is 13.0. The molecule has 2 aromatic carbocycles. The van der Waals surface area contributed by atoms with E-state index < -0.39 is 11.7 Å². The molecule has 150 valence electrons. The Morgan fingerprint density at radius 1 is 0.964 bits per heavy atom. The molecule has 1 aliphatic rings. The van der Waals surface area contributed by atoms with Crippen LogP contribution in [0.4, 0.5) is 18.9 Å². The maximum Gasteiger partial charge on any atom is 0.416 e. The van der Waals surface area contributed by atoms with Gasteiger partial charge in [0.15, 0.2) is 0 Å². The molecular formula is C21H24F3N3O. The van der Waals surface area contributed by atoms with Crippen LogP contribution in [0.25, 0.3) is 0 Å². The average molecular weight is 391 g/mol. The molecule has 1 atom stereocenters. The van der Waals surface area contributed by atoms with Gasteiger partial charge in [-0.1, -0.05) is 36.4 Å². The summed E-state index contributed by atoms with van der Waals surface area (Å²) in [4.78, 5) is 18.4. The minimum Gasteiger partial charge on any atom is -0.369 e. The molecule has 0 spiro atoms. The summed E-state index contributed by atoms with van der Waals surface area (Å²) in [5.41, 5.74) is 0.843. The fraction of sp³-hybridized carbons (Fsp3) is 0.381. The number of hydrogen-bond acceptors (Lipinski definition) is 3. The fourth-order valence-electron chi connectivity index (χ4n) is 3.51. The molecule has 2 aromatic rings. The van der Waals surface area contributed by atoms with Crippen LogP contribution in [0.2, 0.25) is 0 Å². The molecule has 3 rings (SSSR count). The second-order valence-electron chi connectivity index (χ2n) is 7.12. The summed E-state index contributed by atoms with van der Waals surface area (Å²) >= 11 is 0. The lowest BCUT2D eigenvalue weighted by Crippen LogP contribution is -2.51. The lowest BCUT2D eigenvalue weighted by atomic mass is 10.0. The van der Waals surface area contributed by atoms with Crippen molar-refractivity contribution in [1.82, 2.24) is 9.80 Å². The Kier molecular flexibility index (Phi) is 5.93. The lowest BCUT2D eigenvalue weighted by Gasteiger charge is -2.40. The van der Waals surface area contributed by atoms with Gasteiger partial charge in [-0.2, -0.15) is 13.2 Å². The van der Waals surface area contributed by atoms with E-state index in [1.807, 2.05) is 35.2 Å². The van der Waals surface area contributed by atoms with Gasteiger partial charge in [-0.25, -0.2) is 0 Å². The monoisotopic (exact) mass is 391 g/mol. The second kappa shape index (κ2) is 8.22. The molecule has 1 aliphatic heterocycles. The van der Waals surface area contributed by atoms with E-state index in [2.05, 4.69) is 4.90 Å². The molecule has 0 unspecified atom stereocenters. The summed E-state index contributed by atoms with van der Waals surface area (Å²) in [6, 6.07) is 14.6. The van der Waals surface area contributed by atoms with Gasteiger partial charge in [0.1, 0.15) is 6.04 Å². The van der Waals surface area contributed by atoms with E-state index in [-0.39, 0.29) is 11.9 Å². The summed E-state index contributed by atoms with van der Waals surface area (Å²) in [5.74, 6) is -0.00119. The number of anilines is 1. The zero-order valence-electron chi connectivity index (χ0n) is 16.0. The van der Waals surface area contributed by atoms with Crippen molar-refractivity contribution >= 4 is 11.6 Å². The number of alkyl halides is 3. The third-order valence-corrected chi connectivity index (χ3v) is 5.01. The van der Waals surface area contributed by atoms with Crippen LogP contribution in [-0.2, 0) is 11.0 Å². The molecule has 0 radical (unpaired) electrons. The van der Waals surface area contributed by atoms with Crippen molar-refractivity contribution in [2.75, 3.05) is 45.2 Å². The van der Waals surface area contributed by atoms with Crippen LogP contribution in [0.1, 0.15) is 17.2 Å². The Balaban J connectivity index is 1.75. The van der Waals surface area contributed by atoms with E-state index in [9.17, 15) is 18.0 Å². The van der Waals surface area contributed by atoms with Crippen molar-refractivity contribution in [2.45, 2.75) is 12.2 Å². The number of benzene rings is 2. The summed E-state index contributed by atoms with van der Waals surface area (Å²) in [6.45, 7) is 2.31. The van der Waals surface area contributed by atoms with E-state index in [0.29, 0.717) is 31.9 Å². The molecule has 7 heteroatoms. The predicted octanol–water partition coefficient (Wildman–Crippen LogP) is 3.66. The molecule has 28 heavy (non-hydrogen) atoms. The van der Waals surface area contributed by atoms with Crippen LogP contribution in [0.15, 0.2) is 54.6 Å². The van der Waals surface area contributed by atoms with Gasteiger partial charge < -0.3 is 9.80 Å². The van der Waals surface area contributed by atoms with Gasteiger partial charge in [-0.3, -0.25) is 9.69 Å². The van der Waals surface area contributed by atoms with Crippen LogP contribution >= 0.6 is 0 Å². The Labute approximate surface area is 163 Å². The molecule has 1 amide bonds. The third-order valence-electron chi connectivity index (χ3n) is 5.01. The molecular weight excluding hydrogens is 367 g/mol. The van der Waals surface area contributed by atoms with Crippen molar-refractivity contribution < 1.29 is 18.0 Å². The highest BCUT2D eigenvalue weighted by Gasteiger charge is 2.33. The Hall–Kier alpha value is -2.54. The maximum atomic E-state index is 13.0. The molecule has 0 saturated carbocycles. The van der Waals surface area contributed by atoms with Gasteiger partial charge in [0, 0.05) is 46.0 Å². The van der Waals surface area contributed by atoms with Crippen molar-refractivity contribution in [3.05, 3.63) is 65.7 Å². The highest BCUT2D eigenvalue weighted by molar-refractivity contribution is 5.83. The van der Waals surface area contributed by atoms with Crippen LogP contribution in [0, 0.1) is 0 Å². The zero-order valence-corrected chi connectivity index (χ0v) is 16.0. The van der Waals surface area contributed by atoms with E-state index >= 15 is 0 Å². The topological polar surface area (TPSA) is 26.8 Å². The van der Waals surface area contributed by atoms with Crippen molar-refractivity contribution in [2.24, 2.45) is 0 Å². The number of nitrogens with zero attached hydrogens (tertiary/aromatic N) is 3. The average Bonchev–Trinajstić information content (AvgIpc) is 2.69. The molecule has 1 fully saturated rings. The number of piperazine rings is 1. The molecule has 0 aromatic heterocycles. The molecule has 1 saturated heterocycles.